The van der Waals surface area contributed by atoms with E-state index in [1.807, 2.05) is 31.1 Å². The second-order valence-electron chi connectivity index (χ2n) is 7.45. The zero-order valence-corrected chi connectivity index (χ0v) is 15.2. The minimum atomic E-state index is 0.0133. The summed E-state index contributed by atoms with van der Waals surface area (Å²) in [7, 11) is 1.93. The molecule has 0 radical (unpaired) electrons. The van der Waals surface area contributed by atoms with E-state index >= 15 is 0 Å². The lowest BCUT2D eigenvalue weighted by molar-refractivity contribution is -0.152. The van der Waals surface area contributed by atoms with Crippen molar-refractivity contribution < 1.29 is 9.53 Å². The maximum Gasteiger partial charge on any atom is 0.259 e. The summed E-state index contributed by atoms with van der Waals surface area (Å²) in [5, 5.41) is 4.28. The van der Waals surface area contributed by atoms with Crippen LogP contribution >= 0.6 is 0 Å². The number of hydrogen-bond acceptors (Lipinski definition) is 4. The molecule has 6 heteroatoms. The molecule has 2 aliphatic rings. The highest BCUT2D eigenvalue weighted by atomic mass is 16.5. The molecule has 4 rings (SSSR count). The predicted molar refractivity (Wildman–Crippen MR) is 94.5 cm³/mol. The van der Waals surface area contributed by atoms with Crippen LogP contribution < -0.4 is 0 Å². The van der Waals surface area contributed by atoms with Gasteiger partial charge in [-0.05, 0) is 39.2 Å². The maximum atomic E-state index is 13.2. The molecule has 2 heterocycles. The Kier molecular flexibility index (Phi) is 4.02. The van der Waals surface area contributed by atoms with Gasteiger partial charge < -0.3 is 9.64 Å². The average Bonchev–Trinajstić information content (AvgIpc) is 3.25. The van der Waals surface area contributed by atoms with Crippen molar-refractivity contribution in [2.75, 3.05) is 13.7 Å². The lowest BCUT2D eigenvalue weighted by Crippen LogP contribution is -2.64. The SMILES string of the molecule is CCO[C@@H]1C[C@H](N(C)C(=O)c2cnn3ccc(C)nc23)C12CCCC2. The lowest BCUT2D eigenvalue weighted by atomic mass is 9.60. The zero-order valence-electron chi connectivity index (χ0n) is 15.2. The number of amides is 1. The van der Waals surface area contributed by atoms with Gasteiger partial charge >= 0.3 is 0 Å². The number of carbonyl (C=O) groups excluding carboxylic acids is 1. The molecule has 134 valence electrons. The number of rotatable bonds is 4. The van der Waals surface area contributed by atoms with E-state index in [1.165, 1.54) is 12.8 Å². The normalized spacial score (nSPS) is 24.6. The van der Waals surface area contributed by atoms with Crippen molar-refractivity contribution in [3.8, 4) is 0 Å². The van der Waals surface area contributed by atoms with Crippen LogP contribution in [0.25, 0.3) is 5.65 Å². The van der Waals surface area contributed by atoms with Crippen LogP contribution in [-0.4, -0.2) is 51.2 Å². The lowest BCUT2D eigenvalue weighted by Gasteiger charge is -2.56. The summed E-state index contributed by atoms with van der Waals surface area (Å²) < 4.78 is 7.66. The van der Waals surface area contributed by atoms with Crippen molar-refractivity contribution in [1.29, 1.82) is 0 Å². The van der Waals surface area contributed by atoms with Crippen LogP contribution in [0.2, 0.25) is 0 Å². The van der Waals surface area contributed by atoms with Crippen LogP contribution in [0.3, 0.4) is 0 Å². The van der Waals surface area contributed by atoms with E-state index in [-0.39, 0.29) is 17.4 Å². The van der Waals surface area contributed by atoms with Crippen LogP contribution in [-0.2, 0) is 4.74 Å². The van der Waals surface area contributed by atoms with Crippen molar-refractivity contribution in [3.05, 3.63) is 29.7 Å². The number of hydrogen-bond donors (Lipinski definition) is 0. The van der Waals surface area contributed by atoms with Crippen LogP contribution in [0.4, 0.5) is 0 Å². The van der Waals surface area contributed by atoms with Gasteiger partial charge in [-0.2, -0.15) is 5.10 Å². The molecule has 2 atom stereocenters. The van der Waals surface area contributed by atoms with Gasteiger partial charge in [0, 0.05) is 37.0 Å². The molecular weight excluding hydrogens is 316 g/mol. The summed E-state index contributed by atoms with van der Waals surface area (Å²) in [5.41, 5.74) is 2.25. The van der Waals surface area contributed by atoms with Crippen molar-refractivity contribution in [3.63, 3.8) is 0 Å². The Morgan fingerprint density at radius 2 is 2.20 bits per heavy atom. The van der Waals surface area contributed by atoms with Gasteiger partial charge in [0.1, 0.15) is 5.56 Å². The Bertz CT molecular complexity index is 794. The minimum Gasteiger partial charge on any atom is -0.378 e. The van der Waals surface area contributed by atoms with E-state index in [2.05, 4.69) is 17.0 Å². The summed E-state index contributed by atoms with van der Waals surface area (Å²) in [4.78, 5) is 19.6. The number of nitrogens with zero attached hydrogens (tertiary/aromatic N) is 4. The third-order valence-corrected chi connectivity index (χ3v) is 6.17. The third-order valence-electron chi connectivity index (χ3n) is 6.17. The Morgan fingerprint density at radius 1 is 1.44 bits per heavy atom. The number of aromatic nitrogens is 3. The molecule has 0 unspecified atom stereocenters. The molecule has 2 aliphatic carbocycles. The molecule has 6 nitrogen and oxygen atoms in total. The fourth-order valence-electron chi connectivity index (χ4n) is 4.84. The second kappa shape index (κ2) is 6.09. The molecule has 1 spiro atoms. The standard InChI is InChI=1S/C19H26N4O2/c1-4-25-16-11-15(19(16)8-5-6-9-19)22(3)18(24)14-12-20-23-10-7-13(2)21-17(14)23/h7,10,12,15-16H,4-6,8-9,11H2,1-3H3/t15-,16+/m0/s1. The Labute approximate surface area is 148 Å². The summed E-state index contributed by atoms with van der Waals surface area (Å²) in [5.74, 6) is 0.0133. The van der Waals surface area contributed by atoms with Gasteiger partial charge in [0.05, 0.1) is 12.3 Å². The van der Waals surface area contributed by atoms with Crippen LogP contribution in [0.15, 0.2) is 18.5 Å². The largest absolute Gasteiger partial charge is 0.378 e. The first-order valence-corrected chi connectivity index (χ1v) is 9.26. The predicted octanol–water partition coefficient (Wildman–Crippen LogP) is 2.85. The quantitative estimate of drug-likeness (QED) is 0.857. The van der Waals surface area contributed by atoms with Crippen LogP contribution in [0, 0.1) is 12.3 Å². The number of aryl methyl sites for hydroxylation is 1. The first kappa shape index (κ1) is 16.5. The van der Waals surface area contributed by atoms with Gasteiger partial charge in [-0.3, -0.25) is 4.79 Å². The molecule has 0 aromatic carbocycles. The van der Waals surface area contributed by atoms with E-state index in [0.717, 1.165) is 31.6 Å². The van der Waals surface area contributed by atoms with Gasteiger partial charge in [0.2, 0.25) is 0 Å². The minimum absolute atomic E-state index is 0.0133. The molecular formula is C19H26N4O2. The molecule has 0 saturated heterocycles. The topological polar surface area (TPSA) is 59.7 Å². The molecule has 0 N–H and O–H groups in total. The molecule has 25 heavy (non-hydrogen) atoms. The number of fused-ring (bicyclic) bond motifs is 1. The van der Waals surface area contributed by atoms with Gasteiger partial charge in [-0.15, -0.1) is 0 Å². The highest BCUT2D eigenvalue weighted by Gasteiger charge is 2.58. The first-order chi connectivity index (χ1) is 12.1. The van der Waals surface area contributed by atoms with Crippen molar-refractivity contribution in [1.82, 2.24) is 19.5 Å². The van der Waals surface area contributed by atoms with Crippen molar-refractivity contribution in [2.24, 2.45) is 5.41 Å². The molecule has 0 aliphatic heterocycles. The zero-order chi connectivity index (χ0) is 17.6. The second-order valence-corrected chi connectivity index (χ2v) is 7.45. The van der Waals surface area contributed by atoms with E-state index in [1.54, 1.807) is 10.7 Å². The highest BCUT2D eigenvalue weighted by molar-refractivity contribution is 5.99. The van der Waals surface area contributed by atoms with Crippen molar-refractivity contribution in [2.45, 2.75) is 58.1 Å². The molecule has 2 aromatic heterocycles. The maximum absolute atomic E-state index is 13.2. The van der Waals surface area contributed by atoms with Crippen molar-refractivity contribution >= 4 is 11.6 Å². The highest BCUT2D eigenvalue weighted by Crippen LogP contribution is 2.56. The molecule has 2 saturated carbocycles. The van der Waals surface area contributed by atoms with Gasteiger partial charge in [0.25, 0.3) is 5.91 Å². The molecule has 0 bridgehead atoms. The van der Waals surface area contributed by atoms with Gasteiger partial charge in [-0.1, -0.05) is 12.8 Å². The number of ether oxygens (including phenoxy) is 1. The fraction of sp³-hybridized carbons (Fsp3) is 0.632. The fourth-order valence-corrected chi connectivity index (χ4v) is 4.84. The average molecular weight is 342 g/mol. The summed E-state index contributed by atoms with van der Waals surface area (Å²) in [6.45, 7) is 4.73. The van der Waals surface area contributed by atoms with E-state index in [0.29, 0.717) is 17.3 Å². The Hall–Kier alpha value is -1.95. The van der Waals surface area contributed by atoms with E-state index in [9.17, 15) is 4.79 Å². The summed E-state index contributed by atoms with van der Waals surface area (Å²) in [6, 6.07) is 2.14. The summed E-state index contributed by atoms with van der Waals surface area (Å²) >= 11 is 0. The first-order valence-electron chi connectivity index (χ1n) is 9.26. The van der Waals surface area contributed by atoms with Crippen LogP contribution in [0.5, 0.6) is 0 Å². The monoisotopic (exact) mass is 342 g/mol. The van der Waals surface area contributed by atoms with Gasteiger partial charge in [-0.25, -0.2) is 9.50 Å². The Morgan fingerprint density at radius 3 is 2.92 bits per heavy atom. The molecule has 2 fully saturated rings. The van der Waals surface area contributed by atoms with Crippen LogP contribution in [0.1, 0.15) is 55.1 Å². The summed E-state index contributed by atoms with van der Waals surface area (Å²) in [6.07, 6.45) is 9.51. The smallest absolute Gasteiger partial charge is 0.259 e. The van der Waals surface area contributed by atoms with Gasteiger partial charge in [0.15, 0.2) is 5.65 Å². The molecule has 2 aromatic rings. The molecule has 1 amide bonds. The third kappa shape index (κ3) is 2.46. The Balaban J connectivity index is 1.61. The number of carbonyl (C=O) groups is 1. The van der Waals surface area contributed by atoms with E-state index < -0.39 is 0 Å². The van der Waals surface area contributed by atoms with E-state index in [4.69, 9.17) is 4.74 Å².